The van der Waals surface area contributed by atoms with E-state index in [-0.39, 0.29) is 5.56 Å². The smallest absolute Gasteiger partial charge is 0.153 e. The molecule has 0 aliphatic heterocycles. The van der Waals surface area contributed by atoms with Crippen LogP contribution in [0.5, 0.6) is 0 Å². The molecule has 29 heavy (non-hydrogen) atoms. The molecule has 3 aromatic rings. The minimum absolute atomic E-state index is 0.299. The lowest BCUT2D eigenvalue weighted by Crippen LogP contribution is -1.91. The molecule has 0 aliphatic carbocycles. The summed E-state index contributed by atoms with van der Waals surface area (Å²) in [4.78, 5) is 3.84. The van der Waals surface area contributed by atoms with Crippen LogP contribution in [0.25, 0.3) is 11.1 Å². The van der Waals surface area contributed by atoms with Crippen molar-refractivity contribution in [3.05, 3.63) is 82.9 Å². The van der Waals surface area contributed by atoms with E-state index in [2.05, 4.69) is 29.1 Å². The highest BCUT2D eigenvalue weighted by molar-refractivity contribution is 7.98. The highest BCUT2D eigenvalue weighted by Gasteiger charge is 2.12. The third-order valence-electron chi connectivity index (χ3n) is 3.98. The molecule has 0 aromatic heterocycles. The van der Waals surface area contributed by atoms with Crippen molar-refractivity contribution in [3.8, 4) is 23.0 Å². The number of rotatable bonds is 3. The highest BCUT2D eigenvalue weighted by Crippen LogP contribution is 2.29. The van der Waals surface area contributed by atoms with E-state index in [0.29, 0.717) is 21.6 Å². The van der Waals surface area contributed by atoms with Gasteiger partial charge in [-0.05, 0) is 66.0 Å². The lowest BCUT2D eigenvalue weighted by atomic mass is 10.0. The van der Waals surface area contributed by atoms with Crippen molar-refractivity contribution in [2.75, 3.05) is 6.26 Å². The van der Waals surface area contributed by atoms with E-state index in [1.807, 2.05) is 5.16 Å². The van der Waals surface area contributed by atoms with Crippen LogP contribution in [0.4, 0.5) is 23.2 Å². The van der Waals surface area contributed by atoms with Gasteiger partial charge in [-0.25, -0.2) is 17.6 Å². The van der Waals surface area contributed by atoms with Crippen molar-refractivity contribution in [1.82, 2.24) is 0 Å². The average Bonchev–Trinajstić information content (AvgIpc) is 2.70. The van der Waals surface area contributed by atoms with Gasteiger partial charge in [0, 0.05) is 10.5 Å². The summed E-state index contributed by atoms with van der Waals surface area (Å²) in [5.41, 5.74) is 0.512. The molecular weight excluding hydrogens is 418 g/mol. The summed E-state index contributed by atoms with van der Waals surface area (Å²) >= 11 is 5.60. The second kappa shape index (κ2) is 9.06. The Kier molecular flexibility index (Phi) is 6.50. The zero-order chi connectivity index (χ0) is 21.0. The molecule has 0 spiro atoms. The second-order valence-electron chi connectivity index (χ2n) is 5.78. The summed E-state index contributed by atoms with van der Waals surface area (Å²) in [5, 5.41) is 1.93. The number of benzene rings is 3. The maximum Gasteiger partial charge on any atom is 0.153 e. The van der Waals surface area contributed by atoms with Crippen LogP contribution in [0.15, 0.2) is 58.4 Å². The number of hydrogen-bond donors (Lipinski definition) is 0. The quantitative estimate of drug-likeness (QED) is 0.150. The van der Waals surface area contributed by atoms with Crippen LogP contribution in [-0.4, -0.2) is 11.4 Å². The van der Waals surface area contributed by atoms with Gasteiger partial charge in [-0.15, -0.1) is 11.8 Å². The summed E-state index contributed by atoms with van der Waals surface area (Å²) in [6.07, 6.45) is 1.72. The summed E-state index contributed by atoms with van der Waals surface area (Å²) in [7, 11) is 0. The van der Waals surface area contributed by atoms with Crippen LogP contribution in [0.2, 0.25) is 0 Å². The van der Waals surface area contributed by atoms with Crippen LogP contribution >= 0.6 is 24.0 Å². The molecule has 7 heteroatoms. The molecule has 0 heterocycles. The largest absolute Gasteiger partial charge is 0.205 e. The molecule has 0 saturated heterocycles. The first kappa shape index (κ1) is 20.8. The van der Waals surface area contributed by atoms with Gasteiger partial charge in [0.2, 0.25) is 0 Å². The Hall–Kier alpha value is -2.91. The summed E-state index contributed by atoms with van der Waals surface area (Å²) in [5.74, 6) is 1.99. The lowest BCUT2D eigenvalue weighted by molar-refractivity contribution is 0.571. The van der Waals surface area contributed by atoms with Crippen molar-refractivity contribution >= 4 is 34.8 Å². The van der Waals surface area contributed by atoms with Crippen LogP contribution in [0, 0.1) is 35.1 Å². The summed E-state index contributed by atoms with van der Waals surface area (Å²) < 4.78 is 56.0. The molecular formula is C22H11F4NS2. The van der Waals surface area contributed by atoms with E-state index >= 15 is 0 Å². The monoisotopic (exact) mass is 429 g/mol. The molecule has 3 aromatic carbocycles. The molecule has 0 saturated carbocycles. The first-order valence-electron chi connectivity index (χ1n) is 8.15. The van der Waals surface area contributed by atoms with Gasteiger partial charge in [0.25, 0.3) is 0 Å². The third kappa shape index (κ3) is 4.75. The Morgan fingerprint density at radius 1 is 0.793 bits per heavy atom. The average molecular weight is 429 g/mol. The molecule has 0 bridgehead atoms. The van der Waals surface area contributed by atoms with Crippen LogP contribution in [0.1, 0.15) is 11.1 Å². The van der Waals surface area contributed by atoms with Gasteiger partial charge in [0.05, 0.1) is 10.7 Å². The predicted octanol–water partition coefficient (Wildman–Crippen LogP) is 6.77. The van der Waals surface area contributed by atoms with Gasteiger partial charge in [-0.1, -0.05) is 24.0 Å². The van der Waals surface area contributed by atoms with Crippen LogP contribution < -0.4 is 0 Å². The Bertz CT molecular complexity index is 1140. The fraction of sp³-hybridized carbons (Fsp3) is 0.0455. The number of hydrogen-bond acceptors (Lipinski definition) is 3. The summed E-state index contributed by atoms with van der Waals surface area (Å²) in [6.45, 7) is 0. The SMILES string of the molecule is CSc1cc(F)c(C#Cc2ccc(-c3cc(F)c(N=C=S)c(F)c3)cc2)c(F)c1. The van der Waals surface area contributed by atoms with Crippen molar-refractivity contribution < 1.29 is 17.6 Å². The maximum absolute atomic E-state index is 14.0. The number of thioether (sulfide) groups is 1. The van der Waals surface area contributed by atoms with Gasteiger partial charge >= 0.3 is 0 Å². The molecule has 0 amide bonds. The van der Waals surface area contributed by atoms with Gasteiger partial charge in [0.15, 0.2) is 11.6 Å². The zero-order valence-corrected chi connectivity index (χ0v) is 16.5. The Labute approximate surface area is 174 Å². The van der Waals surface area contributed by atoms with Gasteiger partial charge in [0.1, 0.15) is 17.3 Å². The van der Waals surface area contributed by atoms with Crippen molar-refractivity contribution in [1.29, 1.82) is 0 Å². The van der Waals surface area contributed by atoms with Crippen molar-refractivity contribution in [2.24, 2.45) is 4.99 Å². The van der Waals surface area contributed by atoms with Gasteiger partial charge in [-0.2, -0.15) is 4.99 Å². The molecule has 0 aliphatic rings. The standard InChI is InChI=1S/C22H11F4NS2/c1-29-16-10-18(23)17(19(24)11-16)7-4-13-2-5-14(6-3-13)15-8-20(25)22(27-12-28)21(26)9-15/h2-3,5-6,8-11H,1H3. The Balaban J connectivity index is 1.90. The minimum Gasteiger partial charge on any atom is -0.205 e. The molecule has 0 unspecified atom stereocenters. The number of aliphatic imine (C=N–C) groups is 1. The van der Waals surface area contributed by atoms with Gasteiger partial charge < -0.3 is 0 Å². The number of nitrogens with zero attached hydrogens (tertiary/aromatic N) is 1. The van der Waals surface area contributed by atoms with E-state index in [1.54, 1.807) is 30.5 Å². The maximum atomic E-state index is 14.0. The second-order valence-corrected chi connectivity index (χ2v) is 6.85. The Morgan fingerprint density at radius 3 is 1.90 bits per heavy atom. The molecule has 0 atom stereocenters. The molecule has 144 valence electrons. The molecule has 0 N–H and O–H groups in total. The topological polar surface area (TPSA) is 12.4 Å². The molecule has 3 rings (SSSR count). The fourth-order valence-electron chi connectivity index (χ4n) is 2.55. The Morgan fingerprint density at radius 2 is 1.38 bits per heavy atom. The van der Waals surface area contributed by atoms with Crippen LogP contribution in [-0.2, 0) is 0 Å². The van der Waals surface area contributed by atoms with Crippen LogP contribution in [0.3, 0.4) is 0 Å². The first-order valence-corrected chi connectivity index (χ1v) is 9.78. The lowest BCUT2D eigenvalue weighted by Gasteiger charge is -2.05. The molecule has 0 fully saturated rings. The highest BCUT2D eigenvalue weighted by atomic mass is 32.2. The van der Waals surface area contributed by atoms with Crippen molar-refractivity contribution in [3.63, 3.8) is 0 Å². The summed E-state index contributed by atoms with van der Waals surface area (Å²) in [6, 6.07) is 11.1. The van der Waals surface area contributed by atoms with Crippen molar-refractivity contribution in [2.45, 2.75) is 4.90 Å². The van der Waals surface area contributed by atoms with E-state index in [0.717, 1.165) is 12.1 Å². The van der Waals surface area contributed by atoms with E-state index in [4.69, 9.17) is 0 Å². The minimum atomic E-state index is -0.860. The number of thiocarbonyl (C=S) groups is 1. The number of isothiocyanates is 1. The van der Waals surface area contributed by atoms with E-state index in [1.165, 1.54) is 23.9 Å². The zero-order valence-electron chi connectivity index (χ0n) is 14.9. The third-order valence-corrected chi connectivity index (χ3v) is 4.77. The van der Waals surface area contributed by atoms with E-state index < -0.39 is 29.0 Å². The van der Waals surface area contributed by atoms with E-state index in [9.17, 15) is 17.6 Å². The first-order chi connectivity index (χ1) is 13.9. The number of halogens is 4. The van der Waals surface area contributed by atoms with Gasteiger partial charge in [-0.3, -0.25) is 0 Å². The molecule has 1 nitrogen and oxygen atoms in total. The fourth-order valence-corrected chi connectivity index (χ4v) is 3.09. The predicted molar refractivity (Wildman–Crippen MR) is 111 cm³/mol. The normalized spacial score (nSPS) is 10.1. The molecule has 0 radical (unpaired) electrons.